The minimum Gasteiger partial charge on any atom is -0.308 e. The molecule has 1 aromatic rings. The lowest BCUT2D eigenvalue weighted by Gasteiger charge is -2.30. The summed E-state index contributed by atoms with van der Waals surface area (Å²) in [7, 11) is 0. The molecule has 6 heteroatoms. The van der Waals surface area contributed by atoms with E-state index >= 15 is 0 Å². The molecule has 1 unspecified atom stereocenters. The summed E-state index contributed by atoms with van der Waals surface area (Å²) >= 11 is 0. The smallest absolute Gasteiger partial charge is 0.308 e. The quantitative estimate of drug-likeness (QED) is 0.778. The normalized spacial score (nSPS) is 24.2. The number of urea groups is 1. The summed E-state index contributed by atoms with van der Waals surface area (Å²) in [5.74, 6) is -0.217. The summed E-state index contributed by atoms with van der Waals surface area (Å²) < 4.78 is 1.74. The average molecular weight is 236 g/mol. The largest absolute Gasteiger partial charge is 0.325 e. The third-order valence-electron chi connectivity index (χ3n) is 3.35. The molecule has 0 bridgehead atoms. The Labute approximate surface area is 99.6 Å². The zero-order valence-corrected chi connectivity index (χ0v) is 10.0. The van der Waals surface area contributed by atoms with Gasteiger partial charge in [-0.25, -0.2) is 4.79 Å². The van der Waals surface area contributed by atoms with E-state index in [0.29, 0.717) is 19.5 Å². The van der Waals surface area contributed by atoms with Crippen LogP contribution >= 0.6 is 0 Å². The van der Waals surface area contributed by atoms with Crippen molar-refractivity contribution >= 4 is 11.9 Å². The van der Waals surface area contributed by atoms with Crippen molar-refractivity contribution in [3.63, 3.8) is 0 Å². The SMILES string of the molecule is CCC1(C)C(=O)NC(=O)N1CCn1cccn1. The van der Waals surface area contributed by atoms with Gasteiger partial charge in [-0.2, -0.15) is 5.10 Å². The van der Waals surface area contributed by atoms with E-state index in [1.807, 2.05) is 19.2 Å². The summed E-state index contributed by atoms with van der Waals surface area (Å²) in [5.41, 5.74) is -0.732. The second kappa shape index (κ2) is 4.20. The average Bonchev–Trinajstić information content (AvgIpc) is 2.87. The van der Waals surface area contributed by atoms with Gasteiger partial charge in [-0.3, -0.25) is 14.8 Å². The Morgan fingerprint density at radius 3 is 2.76 bits per heavy atom. The van der Waals surface area contributed by atoms with Gasteiger partial charge in [0.15, 0.2) is 0 Å². The van der Waals surface area contributed by atoms with Crippen molar-refractivity contribution in [2.45, 2.75) is 32.4 Å². The maximum Gasteiger partial charge on any atom is 0.325 e. The molecule has 3 amide bonds. The first-order valence-corrected chi connectivity index (χ1v) is 5.68. The molecule has 1 aromatic heterocycles. The van der Waals surface area contributed by atoms with Crippen LogP contribution in [-0.4, -0.2) is 38.7 Å². The van der Waals surface area contributed by atoms with E-state index in [-0.39, 0.29) is 11.9 Å². The van der Waals surface area contributed by atoms with Gasteiger partial charge in [0.05, 0.1) is 6.54 Å². The highest BCUT2D eigenvalue weighted by molar-refractivity contribution is 6.06. The molecule has 1 aliphatic heterocycles. The van der Waals surface area contributed by atoms with Gasteiger partial charge in [0.1, 0.15) is 5.54 Å². The third-order valence-corrected chi connectivity index (χ3v) is 3.35. The molecular weight excluding hydrogens is 220 g/mol. The maximum atomic E-state index is 11.7. The molecule has 0 aromatic carbocycles. The van der Waals surface area contributed by atoms with E-state index in [1.165, 1.54) is 0 Å². The second-order valence-corrected chi connectivity index (χ2v) is 4.31. The van der Waals surface area contributed by atoms with Crippen LogP contribution in [0.25, 0.3) is 0 Å². The lowest BCUT2D eigenvalue weighted by molar-refractivity contribution is -0.126. The number of nitrogens with zero attached hydrogens (tertiary/aromatic N) is 3. The van der Waals surface area contributed by atoms with Crippen molar-refractivity contribution in [3.8, 4) is 0 Å². The zero-order valence-electron chi connectivity index (χ0n) is 10.0. The first kappa shape index (κ1) is 11.6. The first-order valence-electron chi connectivity index (χ1n) is 5.68. The van der Waals surface area contributed by atoms with E-state index in [1.54, 1.807) is 22.7 Å². The van der Waals surface area contributed by atoms with Crippen LogP contribution in [0.1, 0.15) is 20.3 Å². The van der Waals surface area contributed by atoms with Crippen LogP contribution < -0.4 is 5.32 Å². The van der Waals surface area contributed by atoms with Gasteiger partial charge in [-0.05, 0) is 19.4 Å². The van der Waals surface area contributed by atoms with Crippen molar-refractivity contribution in [1.29, 1.82) is 0 Å². The van der Waals surface area contributed by atoms with Crippen LogP contribution in [0.3, 0.4) is 0 Å². The fraction of sp³-hybridized carbons (Fsp3) is 0.545. The van der Waals surface area contributed by atoms with Crippen LogP contribution in [-0.2, 0) is 11.3 Å². The Morgan fingerprint density at radius 1 is 1.41 bits per heavy atom. The molecule has 0 spiro atoms. The summed E-state index contributed by atoms with van der Waals surface area (Å²) in [6.45, 7) is 4.75. The zero-order chi connectivity index (χ0) is 12.5. The van der Waals surface area contributed by atoms with Gasteiger partial charge in [0.25, 0.3) is 5.91 Å². The highest BCUT2D eigenvalue weighted by atomic mass is 16.2. The van der Waals surface area contributed by atoms with Crippen LogP contribution in [0.5, 0.6) is 0 Å². The molecule has 2 rings (SSSR count). The first-order chi connectivity index (χ1) is 8.08. The standard InChI is InChI=1S/C11H16N4O2/c1-3-11(2)9(16)13-10(17)15(11)8-7-14-6-4-5-12-14/h4-6H,3,7-8H2,1-2H3,(H,13,16,17). The van der Waals surface area contributed by atoms with Gasteiger partial charge in [-0.1, -0.05) is 6.92 Å². The molecule has 1 atom stereocenters. The number of imide groups is 1. The lowest BCUT2D eigenvalue weighted by atomic mass is 9.97. The number of carbonyl (C=O) groups excluding carboxylic acids is 2. The van der Waals surface area contributed by atoms with Gasteiger partial charge in [0, 0.05) is 18.9 Å². The third kappa shape index (κ3) is 1.90. The minimum absolute atomic E-state index is 0.217. The van der Waals surface area contributed by atoms with Crippen molar-refractivity contribution < 1.29 is 9.59 Å². The number of hydrogen-bond acceptors (Lipinski definition) is 3. The minimum atomic E-state index is -0.732. The Hall–Kier alpha value is -1.85. The Kier molecular flexibility index (Phi) is 2.87. The summed E-state index contributed by atoms with van der Waals surface area (Å²) in [5, 5.41) is 6.43. The number of amides is 3. The Morgan fingerprint density at radius 2 is 2.18 bits per heavy atom. The Balaban J connectivity index is 2.08. The second-order valence-electron chi connectivity index (χ2n) is 4.31. The summed E-state index contributed by atoms with van der Waals surface area (Å²) in [6.07, 6.45) is 4.12. The summed E-state index contributed by atoms with van der Waals surface area (Å²) in [6, 6.07) is 1.51. The molecule has 1 aliphatic rings. The van der Waals surface area contributed by atoms with Crippen LogP contribution in [0.4, 0.5) is 4.79 Å². The van der Waals surface area contributed by atoms with E-state index in [2.05, 4.69) is 10.4 Å². The topological polar surface area (TPSA) is 67.2 Å². The molecule has 0 saturated carbocycles. The molecule has 0 radical (unpaired) electrons. The van der Waals surface area contributed by atoms with E-state index < -0.39 is 5.54 Å². The number of nitrogens with one attached hydrogen (secondary N) is 1. The fourth-order valence-electron chi connectivity index (χ4n) is 1.98. The van der Waals surface area contributed by atoms with Crippen molar-refractivity contribution in [3.05, 3.63) is 18.5 Å². The number of rotatable bonds is 4. The van der Waals surface area contributed by atoms with E-state index in [0.717, 1.165) is 0 Å². The molecule has 2 heterocycles. The van der Waals surface area contributed by atoms with Gasteiger partial charge >= 0.3 is 6.03 Å². The molecular formula is C11H16N4O2. The van der Waals surface area contributed by atoms with Crippen LogP contribution in [0.2, 0.25) is 0 Å². The van der Waals surface area contributed by atoms with Gasteiger partial charge in [-0.15, -0.1) is 0 Å². The fourth-order valence-corrected chi connectivity index (χ4v) is 1.98. The highest BCUT2D eigenvalue weighted by Gasteiger charge is 2.47. The van der Waals surface area contributed by atoms with Crippen LogP contribution in [0.15, 0.2) is 18.5 Å². The van der Waals surface area contributed by atoms with Crippen molar-refractivity contribution in [2.75, 3.05) is 6.54 Å². The summed E-state index contributed by atoms with van der Waals surface area (Å²) in [4.78, 5) is 25.0. The van der Waals surface area contributed by atoms with Gasteiger partial charge < -0.3 is 4.90 Å². The molecule has 17 heavy (non-hydrogen) atoms. The lowest BCUT2D eigenvalue weighted by Crippen LogP contribution is -2.47. The van der Waals surface area contributed by atoms with Crippen molar-refractivity contribution in [1.82, 2.24) is 20.0 Å². The van der Waals surface area contributed by atoms with Gasteiger partial charge in [0.2, 0.25) is 0 Å². The molecule has 6 nitrogen and oxygen atoms in total. The number of carbonyl (C=O) groups is 2. The predicted octanol–water partition coefficient (Wildman–Crippen LogP) is 0.604. The number of aromatic nitrogens is 2. The molecule has 1 N–H and O–H groups in total. The molecule has 0 aliphatic carbocycles. The predicted molar refractivity (Wildman–Crippen MR) is 61.2 cm³/mol. The Bertz CT molecular complexity index is 429. The van der Waals surface area contributed by atoms with E-state index in [9.17, 15) is 9.59 Å². The number of hydrogen-bond donors (Lipinski definition) is 1. The van der Waals surface area contributed by atoms with E-state index in [4.69, 9.17) is 0 Å². The molecule has 92 valence electrons. The molecule has 1 fully saturated rings. The van der Waals surface area contributed by atoms with Crippen LogP contribution in [0, 0.1) is 0 Å². The maximum absolute atomic E-state index is 11.7. The monoisotopic (exact) mass is 236 g/mol. The highest BCUT2D eigenvalue weighted by Crippen LogP contribution is 2.24. The molecule has 1 saturated heterocycles. The van der Waals surface area contributed by atoms with Crippen molar-refractivity contribution in [2.24, 2.45) is 0 Å².